The molecule has 4 heterocycles. The predicted molar refractivity (Wildman–Crippen MR) is 107 cm³/mol. The van der Waals surface area contributed by atoms with Gasteiger partial charge >= 0.3 is 0 Å². The Balaban J connectivity index is 1.72. The van der Waals surface area contributed by atoms with Crippen molar-refractivity contribution < 1.29 is 0 Å². The van der Waals surface area contributed by atoms with Crippen LogP contribution in [0.3, 0.4) is 0 Å². The second-order valence-corrected chi connectivity index (χ2v) is 8.64. The van der Waals surface area contributed by atoms with E-state index in [1.807, 2.05) is 36.7 Å². The molecule has 126 valence electrons. The second-order valence-electron chi connectivity index (χ2n) is 5.76. The number of nitrogens with zero attached hydrogens (tertiary/aromatic N) is 3. The molecule has 0 amide bonds. The first-order chi connectivity index (χ1) is 12.2. The van der Waals surface area contributed by atoms with Crippen molar-refractivity contribution in [3.63, 3.8) is 0 Å². The Morgan fingerprint density at radius 2 is 2.08 bits per heavy atom. The lowest BCUT2D eigenvalue weighted by molar-refractivity contribution is 0.315. The number of pyridine rings is 2. The minimum atomic E-state index is 0.0240. The monoisotopic (exact) mass is 430 g/mol. The Kier molecular flexibility index (Phi) is 4.78. The van der Waals surface area contributed by atoms with E-state index in [4.69, 9.17) is 12.2 Å². The Morgan fingerprint density at radius 1 is 1.16 bits per heavy atom. The van der Waals surface area contributed by atoms with Gasteiger partial charge in [-0.2, -0.15) is 0 Å². The Bertz CT molecular complexity index is 869. The number of hydrogen-bond acceptors (Lipinski definition) is 4. The number of halogens is 1. The van der Waals surface area contributed by atoms with Gasteiger partial charge in [-0.15, -0.1) is 11.3 Å². The molecule has 4 rings (SSSR count). The molecule has 3 aromatic heterocycles. The van der Waals surface area contributed by atoms with Gasteiger partial charge in [0.05, 0.1) is 21.6 Å². The molecule has 0 aliphatic carbocycles. The van der Waals surface area contributed by atoms with E-state index in [2.05, 4.69) is 54.3 Å². The summed E-state index contributed by atoms with van der Waals surface area (Å²) in [5.74, 6) is 0. The molecule has 0 bridgehead atoms. The van der Waals surface area contributed by atoms with Crippen molar-refractivity contribution in [3.8, 4) is 0 Å². The SMILES string of the molecule is S=C1NC(c2ccccn2)C(c2ccc(Br)s2)N1Cc1cccnc1. The maximum Gasteiger partial charge on any atom is 0.170 e. The highest BCUT2D eigenvalue weighted by Crippen LogP contribution is 2.42. The number of thiocarbonyl (C=S) groups is 1. The molecule has 2 unspecified atom stereocenters. The molecule has 0 radical (unpaired) electrons. The van der Waals surface area contributed by atoms with Gasteiger partial charge in [0.25, 0.3) is 0 Å². The van der Waals surface area contributed by atoms with E-state index in [9.17, 15) is 0 Å². The fraction of sp³-hybridized carbons (Fsp3) is 0.167. The molecule has 0 aromatic carbocycles. The predicted octanol–water partition coefficient (Wildman–Crippen LogP) is 4.47. The maximum atomic E-state index is 5.66. The van der Waals surface area contributed by atoms with E-state index in [-0.39, 0.29) is 12.1 Å². The summed E-state index contributed by atoms with van der Waals surface area (Å²) in [6.45, 7) is 0.712. The molecule has 3 aromatic rings. The van der Waals surface area contributed by atoms with Crippen LogP contribution in [0.5, 0.6) is 0 Å². The summed E-state index contributed by atoms with van der Waals surface area (Å²) in [6, 6.07) is 14.4. The van der Waals surface area contributed by atoms with Crippen LogP contribution in [0.15, 0.2) is 64.8 Å². The lowest BCUT2D eigenvalue weighted by atomic mass is 10.0. The minimum Gasteiger partial charge on any atom is -0.352 e. The largest absolute Gasteiger partial charge is 0.352 e. The maximum absolute atomic E-state index is 5.66. The van der Waals surface area contributed by atoms with Gasteiger partial charge in [0.1, 0.15) is 0 Å². The third-order valence-electron chi connectivity index (χ3n) is 4.16. The minimum absolute atomic E-state index is 0.0240. The zero-order valence-electron chi connectivity index (χ0n) is 13.2. The topological polar surface area (TPSA) is 41.1 Å². The fourth-order valence-electron chi connectivity index (χ4n) is 3.06. The van der Waals surface area contributed by atoms with Crippen LogP contribution in [-0.4, -0.2) is 20.0 Å². The summed E-state index contributed by atoms with van der Waals surface area (Å²) in [7, 11) is 0. The fourth-order valence-corrected chi connectivity index (χ4v) is 4.94. The van der Waals surface area contributed by atoms with Crippen LogP contribution in [0.4, 0.5) is 0 Å². The van der Waals surface area contributed by atoms with Gasteiger partial charge in [-0.1, -0.05) is 12.1 Å². The van der Waals surface area contributed by atoms with E-state index in [0.29, 0.717) is 6.54 Å². The van der Waals surface area contributed by atoms with Gasteiger partial charge < -0.3 is 10.2 Å². The smallest absolute Gasteiger partial charge is 0.170 e. The standard InChI is InChI=1S/C18H15BrN4S2/c19-15-7-6-14(25-15)17-16(13-5-1-2-9-21-13)22-18(24)23(17)11-12-4-3-8-20-10-12/h1-10,16-17H,11H2,(H,22,24). The van der Waals surface area contributed by atoms with Gasteiger partial charge in [0, 0.05) is 30.0 Å². The molecule has 1 saturated heterocycles. The van der Waals surface area contributed by atoms with E-state index in [0.717, 1.165) is 20.2 Å². The van der Waals surface area contributed by atoms with Gasteiger partial charge in [-0.25, -0.2) is 0 Å². The van der Waals surface area contributed by atoms with E-state index < -0.39 is 0 Å². The van der Waals surface area contributed by atoms with Crippen molar-refractivity contribution in [1.82, 2.24) is 20.2 Å². The van der Waals surface area contributed by atoms with Crippen molar-refractivity contribution in [3.05, 3.63) is 81.0 Å². The molecule has 2 atom stereocenters. The lowest BCUT2D eigenvalue weighted by Crippen LogP contribution is -2.28. The van der Waals surface area contributed by atoms with Gasteiger partial charge in [-0.05, 0) is 64.0 Å². The van der Waals surface area contributed by atoms with Crippen LogP contribution < -0.4 is 5.32 Å². The molecule has 4 nitrogen and oxygen atoms in total. The molecule has 1 aliphatic heterocycles. The zero-order chi connectivity index (χ0) is 17.2. The molecule has 1 aliphatic rings. The first kappa shape index (κ1) is 16.6. The average Bonchev–Trinajstić information content (AvgIpc) is 3.20. The van der Waals surface area contributed by atoms with Crippen LogP contribution >= 0.6 is 39.5 Å². The third kappa shape index (κ3) is 3.44. The summed E-state index contributed by atoms with van der Waals surface area (Å²) in [5, 5.41) is 4.21. The van der Waals surface area contributed by atoms with Gasteiger partial charge in [-0.3, -0.25) is 9.97 Å². The molecule has 0 saturated carbocycles. The summed E-state index contributed by atoms with van der Waals surface area (Å²) in [6.07, 6.45) is 5.50. The van der Waals surface area contributed by atoms with E-state index >= 15 is 0 Å². The van der Waals surface area contributed by atoms with Crippen molar-refractivity contribution in [2.24, 2.45) is 0 Å². The number of hydrogen-bond donors (Lipinski definition) is 1. The zero-order valence-corrected chi connectivity index (χ0v) is 16.4. The first-order valence-corrected chi connectivity index (χ1v) is 9.86. The van der Waals surface area contributed by atoms with Crippen molar-refractivity contribution in [2.75, 3.05) is 0 Å². The van der Waals surface area contributed by atoms with E-state index in [1.54, 1.807) is 17.5 Å². The number of aromatic nitrogens is 2. The second kappa shape index (κ2) is 7.19. The van der Waals surface area contributed by atoms with Gasteiger partial charge in [0.2, 0.25) is 0 Å². The summed E-state index contributed by atoms with van der Waals surface area (Å²) < 4.78 is 1.11. The lowest BCUT2D eigenvalue weighted by Gasteiger charge is -2.26. The van der Waals surface area contributed by atoms with Crippen molar-refractivity contribution in [1.29, 1.82) is 0 Å². The molecule has 1 fully saturated rings. The molecule has 7 heteroatoms. The number of nitrogens with one attached hydrogen (secondary N) is 1. The highest BCUT2D eigenvalue weighted by molar-refractivity contribution is 9.11. The molecule has 1 N–H and O–H groups in total. The van der Waals surface area contributed by atoms with Crippen LogP contribution in [0.2, 0.25) is 0 Å². The highest BCUT2D eigenvalue weighted by Gasteiger charge is 2.40. The third-order valence-corrected chi connectivity index (χ3v) is 6.21. The first-order valence-electron chi connectivity index (χ1n) is 7.84. The van der Waals surface area contributed by atoms with Crippen LogP contribution in [0, 0.1) is 0 Å². The Labute approximate surface area is 164 Å². The Hall–Kier alpha value is -1.83. The Morgan fingerprint density at radius 3 is 2.76 bits per heavy atom. The average molecular weight is 431 g/mol. The number of rotatable bonds is 4. The van der Waals surface area contributed by atoms with Crippen LogP contribution in [-0.2, 0) is 6.54 Å². The summed E-state index contributed by atoms with van der Waals surface area (Å²) >= 11 is 11.0. The normalized spacial score (nSPS) is 19.9. The van der Waals surface area contributed by atoms with E-state index in [1.165, 1.54) is 4.88 Å². The quantitative estimate of drug-likeness (QED) is 0.618. The van der Waals surface area contributed by atoms with Crippen LogP contribution in [0.1, 0.15) is 28.2 Å². The van der Waals surface area contributed by atoms with Crippen LogP contribution in [0.25, 0.3) is 0 Å². The molecular weight excluding hydrogens is 416 g/mol. The highest BCUT2D eigenvalue weighted by atomic mass is 79.9. The van der Waals surface area contributed by atoms with Gasteiger partial charge in [0.15, 0.2) is 5.11 Å². The summed E-state index contributed by atoms with van der Waals surface area (Å²) in [5.41, 5.74) is 2.13. The molecular formula is C18H15BrN4S2. The molecule has 25 heavy (non-hydrogen) atoms. The summed E-state index contributed by atoms with van der Waals surface area (Å²) in [4.78, 5) is 12.2. The van der Waals surface area contributed by atoms with Crippen molar-refractivity contribution >= 4 is 44.6 Å². The number of thiophene rings is 1. The molecule has 0 spiro atoms. The van der Waals surface area contributed by atoms with Crippen molar-refractivity contribution in [2.45, 2.75) is 18.6 Å².